The van der Waals surface area contributed by atoms with Gasteiger partial charge in [-0.1, -0.05) is 0 Å². The van der Waals surface area contributed by atoms with Gasteiger partial charge in [-0.3, -0.25) is 4.99 Å². The maximum atomic E-state index is 4.24. The molecule has 1 saturated heterocycles. The Labute approximate surface area is 78.9 Å². The minimum Gasteiger partial charge on any atom is -0.267 e. The van der Waals surface area contributed by atoms with E-state index in [1.165, 1.54) is 5.57 Å². The average Bonchev–Trinajstić information content (AvgIpc) is 2.29. The highest BCUT2D eigenvalue weighted by molar-refractivity contribution is 5.71. The smallest absolute Gasteiger partial charge is 0.0839 e. The van der Waals surface area contributed by atoms with Gasteiger partial charge in [0.15, 0.2) is 0 Å². The molecule has 2 unspecified atom stereocenters. The highest BCUT2D eigenvalue weighted by Gasteiger charge is 2.48. The summed E-state index contributed by atoms with van der Waals surface area (Å²) in [5, 5.41) is 4.22. The van der Waals surface area contributed by atoms with E-state index in [0.717, 1.165) is 0 Å². The first-order valence-electron chi connectivity index (χ1n) is 4.50. The Hall–Kier alpha value is -0.710. The molecule has 13 heavy (non-hydrogen) atoms. The Bertz CT molecular complexity index is 283. The van der Waals surface area contributed by atoms with Crippen LogP contribution in [0.25, 0.3) is 0 Å². The number of aliphatic imine (C=N–C) groups is 1. The fraction of sp³-hybridized carbons (Fsp3) is 0.667. The summed E-state index contributed by atoms with van der Waals surface area (Å²) in [4.78, 5) is 4.24. The van der Waals surface area contributed by atoms with Crippen LogP contribution >= 0.6 is 0 Å². The van der Waals surface area contributed by atoms with Gasteiger partial charge in [0.25, 0.3) is 0 Å². The van der Waals surface area contributed by atoms with Gasteiger partial charge < -0.3 is 0 Å². The normalized spacial score (nSPS) is 40.6. The number of nitrogens with zero attached hydrogens (tertiary/aromatic N) is 3. The van der Waals surface area contributed by atoms with Gasteiger partial charge in [-0.05, 0) is 19.4 Å². The van der Waals surface area contributed by atoms with E-state index in [2.05, 4.69) is 41.4 Å². The molecule has 0 aromatic rings. The van der Waals surface area contributed by atoms with Crippen molar-refractivity contribution >= 4 is 6.21 Å². The molecule has 2 aliphatic rings. The van der Waals surface area contributed by atoms with Crippen molar-refractivity contribution in [2.24, 2.45) is 4.99 Å². The van der Waals surface area contributed by atoms with Crippen molar-refractivity contribution in [2.75, 3.05) is 14.1 Å². The minimum atomic E-state index is 0.0382. The summed E-state index contributed by atoms with van der Waals surface area (Å²) in [5.41, 5.74) is 4.59. The van der Waals surface area contributed by atoms with Gasteiger partial charge in [0.05, 0.1) is 11.6 Å². The molecule has 1 N–H and O–H groups in total. The molecule has 0 aliphatic carbocycles. The van der Waals surface area contributed by atoms with Crippen LogP contribution in [0.5, 0.6) is 0 Å². The molecular weight excluding hydrogens is 164 g/mol. The van der Waals surface area contributed by atoms with Crippen molar-refractivity contribution in [3.8, 4) is 0 Å². The Morgan fingerprint density at radius 2 is 2.23 bits per heavy atom. The first-order chi connectivity index (χ1) is 6.06. The zero-order chi connectivity index (χ0) is 9.64. The summed E-state index contributed by atoms with van der Waals surface area (Å²) in [6, 6.07) is 0.322. The van der Waals surface area contributed by atoms with Crippen LogP contribution in [0.3, 0.4) is 0 Å². The summed E-state index contributed by atoms with van der Waals surface area (Å²) in [7, 11) is 4.10. The highest BCUT2D eigenvalue weighted by atomic mass is 15.8. The molecule has 1 fully saturated rings. The Morgan fingerprint density at radius 1 is 1.54 bits per heavy atom. The molecule has 0 amide bonds. The number of fused-ring (bicyclic) bond motifs is 1. The summed E-state index contributed by atoms with van der Waals surface area (Å²) < 4.78 is 0. The second-order valence-electron chi connectivity index (χ2n) is 3.97. The molecule has 0 radical (unpaired) electrons. The number of hydrogen-bond acceptors (Lipinski definition) is 4. The molecule has 72 valence electrons. The van der Waals surface area contributed by atoms with E-state index in [-0.39, 0.29) is 5.54 Å². The van der Waals surface area contributed by atoms with Gasteiger partial charge in [0.2, 0.25) is 0 Å². The lowest BCUT2D eigenvalue weighted by atomic mass is 9.84. The maximum absolute atomic E-state index is 4.24. The van der Waals surface area contributed by atoms with Crippen molar-refractivity contribution in [2.45, 2.75) is 25.4 Å². The lowest BCUT2D eigenvalue weighted by molar-refractivity contribution is 0.132. The number of hydrazine groups is 2. The molecule has 0 bridgehead atoms. The molecule has 2 aliphatic heterocycles. The third-order valence-corrected chi connectivity index (χ3v) is 3.29. The Morgan fingerprint density at radius 3 is 2.85 bits per heavy atom. The molecule has 0 aromatic heterocycles. The van der Waals surface area contributed by atoms with Crippen LogP contribution in [0.2, 0.25) is 0 Å². The van der Waals surface area contributed by atoms with Crippen LogP contribution in [0, 0.1) is 0 Å². The molecule has 0 saturated carbocycles. The van der Waals surface area contributed by atoms with Crippen LogP contribution < -0.4 is 5.53 Å². The molecule has 4 heteroatoms. The molecule has 2 atom stereocenters. The van der Waals surface area contributed by atoms with Crippen molar-refractivity contribution in [1.29, 1.82) is 0 Å². The maximum Gasteiger partial charge on any atom is 0.0839 e. The number of hydrogen-bond donors (Lipinski definition) is 1. The van der Waals surface area contributed by atoms with E-state index >= 15 is 0 Å². The fourth-order valence-corrected chi connectivity index (χ4v) is 2.09. The third-order valence-electron chi connectivity index (χ3n) is 3.29. The van der Waals surface area contributed by atoms with E-state index in [0.29, 0.717) is 6.04 Å². The van der Waals surface area contributed by atoms with E-state index in [1.807, 2.05) is 19.5 Å². The van der Waals surface area contributed by atoms with Crippen molar-refractivity contribution in [3.63, 3.8) is 0 Å². The standard InChI is InChI=1S/C9H16N4/c1-7-5-10-6-8-9(7,2)13(4)11-12(8)3/h5-6,8,11H,1-4H3. The number of likely N-dealkylation sites (N-methyl/N-ethyl adjacent to an activating group) is 2. The van der Waals surface area contributed by atoms with Crippen LogP contribution in [-0.2, 0) is 0 Å². The third kappa shape index (κ3) is 0.995. The largest absolute Gasteiger partial charge is 0.267 e. The molecule has 2 rings (SSSR count). The molecule has 0 spiro atoms. The van der Waals surface area contributed by atoms with E-state index in [4.69, 9.17) is 0 Å². The van der Waals surface area contributed by atoms with Crippen LogP contribution in [-0.4, -0.2) is 41.9 Å². The summed E-state index contributed by atoms with van der Waals surface area (Å²) in [6.45, 7) is 4.35. The Balaban J connectivity index is 2.43. The number of rotatable bonds is 0. The zero-order valence-corrected chi connectivity index (χ0v) is 8.57. The van der Waals surface area contributed by atoms with Gasteiger partial charge in [-0.15, -0.1) is 0 Å². The van der Waals surface area contributed by atoms with Crippen molar-refractivity contribution in [1.82, 2.24) is 15.6 Å². The average molecular weight is 180 g/mol. The molecule has 0 aromatic carbocycles. The van der Waals surface area contributed by atoms with Gasteiger partial charge in [-0.25, -0.2) is 10.0 Å². The minimum absolute atomic E-state index is 0.0382. The van der Waals surface area contributed by atoms with Gasteiger partial charge in [0.1, 0.15) is 0 Å². The quantitative estimate of drug-likeness (QED) is 0.585. The molecule has 2 heterocycles. The first kappa shape index (κ1) is 8.87. The molecule has 4 nitrogen and oxygen atoms in total. The van der Waals surface area contributed by atoms with Crippen molar-refractivity contribution < 1.29 is 0 Å². The van der Waals surface area contributed by atoms with Crippen LogP contribution in [0.15, 0.2) is 16.8 Å². The predicted octanol–water partition coefficient (Wildman–Crippen LogP) is 0.399. The van der Waals surface area contributed by atoms with Crippen LogP contribution in [0.4, 0.5) is 0 Å². The lowest BCUT2D eigenvalue weighted by Crippen LogP contribution is -2.50. The fourth-order valence-electron chi connectivity index (χ4n) is 2.09. The lowest BCUT2D eigenvalue weighted by Gasteiger charge is -2.36. The highest BCUT2D eigenvalue weighted by Crippen LogP contribution is 2.33. The van der Waals surface area contributed by atoms with Gasteiger partial charge >= 0.3 is 0 Å². The summed E-state index contributed by atoms with van der Waals surface area (Å²) in [5.74, 6) is 0. The Kier molecular flexibility index (Phi) is 1.80. The summed E-state index contributed by atoms with van der Waals surface area (Å²) in [6.07, 6.45) is 3.93. The summed E-state index contributed by atoms with van der Waals surface area (Å²) >= 11 is 0. The van der Waals surface area contributed by atoms with E-state index < -0.39 is 0 Å². The van der Waals surface area contributed by atoms with Crippen LogP contribution in [0.1, 0.15) is 13.8 Å². The van der Waals surface area contributed by atoms with Gasteiger partial charge in [-0.2, -0.15) is 5.53 Å². The topological polar surface area (TPSA) is 30.9 Å². The van der Waals surface area contributed by atoms with Gasteiger partial charge in [0, 0.05) is 26.5 Å². The second kappa shape index (κ2) is 2.64. The van der Waals surface area contributed by atoms with E-state index in [1.54, 1.807) is 0 Å². The van der Waals surface area contributed by atoms with E-state index in [9.17, 15) is 0 Å². The first-order valence-corrected chi connectivity index (χ1v) is 4.50. The molecular formula is C9H16N4. The monoisotopic (exact) mass is 180 g/mol. The zero-order valence-electron chi connectivity index (χ0n) is 8.57. The predicted molar refractivity (Wildman–Crippen MR) is 53.1 cm³/mol. The second-order valence-corrected chi connectivity index (χ2v) is 3.97. The van der Waals surface area contributed by atoms with Crippen molar-refractivity contribution in [3.05, 3.63) is 11.8 Å². The number of nitrogens with one attached hydrogen (secondary N) is 1. The SMILES string of the molecule is CC1=CN=CC2N(C)NN(C)C12C.